The molecule has 0 saturated carbocycles. The molecule has 1 aromatic carbocycles. The molecule has 1 saturated heterocycles. The molecule has 1 aromatic rings. The lowest BCUT2D eigenvalue weighted by atomic mass is 10.1. The van der Waals surface area contributed by atoms with Gasteiger partial charge in [-0.15, -0.1) is 0 Å². The van der Waals surface area contributed by atoms with E-state index in [1.54, 1.807) is 12.1 Å². The van der Waals surface area contributed by atoms with Gasteiger partial charge in [-0.2, -0.15) is 5.26 Å². The fraction of sp³-hybridized carbons (Fsp3) is 0.429. The number of carbonyl (C=O) groups excluding carboxylic acids is 1. The summed E-state index contributed by atoms with van der Waals surface area (Å²) in [6.45, 7) is 3.92. The average molecular weight is 261 g/mol. The Morgan fingerprint density at radius 3 is 3.05 bits per heavy atom. The van der Waals surface area contributed by atoms with Crippen molar-refractivity contribution in [2.45, 2.75) is 25.9 Å². The number of halogens is 1. The smallest absolute Gasteiger partial charge is 0.237 e. The lowest BCUT2D eigenvalue weighted by molar-refractivity contribution is -0.129. The first-order chi connectivity index (χ1) is 9.15. The molecule has 1 atom stereocenters. The van der Waals surface area contributed by atoms with Crippen molar-refractivity contribution in [2.24, 2.45) is 0 Å². The molecule has 0 aliphatic carbocycles. The molecule has 5 heteroatoms. The number of hydrogen-bond acceptors (Lipinski definition) is 3. The van der Waals surface area contributed by atoms with E-state index in [0.29, 0.717) is 13.1 Å². The van der Waals surface area contributed by atoms with Crippen LogP contribution in [0.2, 0.25) is 0 Å². The molecular formula is C14H16FN3O. The van der Waals surface area contributed by atoms with E-state index in [1.165, 1.54) is 6.07 Å². The Morgan fingerprint density at radius 2 is 2.37 bits per heavy atom. The molecule has 1 fully saturated rings. The van der Waals surface area contributed by atoms with Gasteiger partial charge in [-0.3, -0.25) is 9.69 Å². The average Bonchev–Trinajstić information content (AvgIpc) is 2.41. The van der Waals surface area contributed by atoms with Crippen LogP contribution in [-0.2, 0) is 11.3 Å². The van der Waals surface area contributed by atoms with E-state index in [4.69, 9.17) is 5.26 Å². The summed E-state index contributed by atoms with van der Waals surface area (Å²) in [5.41, 5.74) is 0.901. The Labute approximate surface area is 111 Å². The number of carbonyl (C=O) groups is 1. The van der Waals surface area contributed by atoms with Crippen LogP contribution in [0.3, 0.4) is 0 Å². The third-order valence-corrected chi connectivity index (χ3v) is 3.37. The molecule has 0 radical (unpaired) electrons. The van der Waals surface area contributed by atoms with Gasteiger partial charge >= 0.3 is 0 Å². The third kappa shape index (κ3) is 2.91. The Balaban J connectivity index is 2.16. The molecule has 1 unspecified atom stereocenters. The summed E-state index contributed by atoms with van der Waals surface area (Å²) in [5.74, 6) is -0.467. The fourth-order valence-corrected chi connectivity index (χ4v) is 2.39. The Hall–Kier alpha value is -1.93. The number of amides is 1. The summed E-state index contributed by atoms with van der Waals surface area (Å²) >= 11 is 0. The van der Waals surface area contributed by atoms with Gasteiger partial charge in [-0.1, -0.05) is 13.0 Å². The maximum atomic E-state index is 13.3. The summed E-state index contributed by atoms with van der Waals surface area (Å²) in [5, 5.41) is 11.7. The molecular weight excluding hydrogens is 245 g/mol. The number of hydrogen-bond donors (Lipinski definition) is 1. The maximum absolute atomic E-state index is 13.3. The van der Waals surface area contributed by atoms with Crippen molar-refractivity contribution in [1.29, 1.82) is 5.26 Å². The number of nitrogens with zero attached hydrogens (tertiary/aromatic N) is 2. The quantitative estimate of drug-likeness (QED) is 0.895. The molecule has 100 valence electrons. The van der Waals surface area contributed by atoms with Crippen LogP contribution in [0.5, 0.6) is 0 Å². The normalized spacial score (nSPS) is 19.8. The molecule has 0 spiro atoms. The summed E-state index contributed by atoms with van der Waals surface area (Å²) in [6, 6.07) is 6.20. The molecule has 1 aliphatic heterocycles. The largest absolute Gasteiger partial charge is 0.353 e. The standard InChI is InChI=1S/C14H16FN3O/c1-2-13-14(19)17-5-6-18(13)9-10-3-4-12(15)11(7-10)8-16/h3-4,7,13H,2,5-6,9H2,1H3,(H,17,19). The fourth-order valence-electron chi connectivity index (χ4n) is 2.39. The Kier molecular flexibility index (Phi) is 4.13. The van der Waals surface area contributed by atoms with Gasteiger partial charge in [-0.05, 0) is 24.1 Å². The highest BCUT2D eigenvalue weighted by Crippen LogP contribution is 2.16. The van der Waals surface area contributed by atoms with Crippen LogP contribution in [0.1, 0.15) is 24.5 Å². The third-order valence-electron chi connectivity index (χ3n) is 3.37. The monoisotopic (exact) mass is 261 g/mol. The van der Waals surface area contributed by atoms with Crippen LogP contribution < -0.4 is 5.32 Å². The molecule has 1 amide bonds. The van der Waals surface area contributed by atoms with Gasteiger partial charge in [0, 0.05) is 19.6 Å². The van der Waals surface area contributed by atoms with E-state index in [1.807, 2.05) is 13.0 Å². The first kappa shape index (κ1) is 13.5. The molecule has 0 bridgehead atoms. The second kappa shape index (κ2) is 5.81. The predicted molar refractivity (Wildman–Crippen MR) is 68.6 cm³/mol. The summed E-state index contributed by atoms with van der Waals surface area (Å²) in [4.78, 5) is 13.8. The highest BCUT2D eigenvalue weighted by atomic mass is 19.1. The van der Waals surface area contributed by atoms with Crippen molar-refractivity contribution in [1.82, 2.24) is 10.2 Å². The molecule has 2 rings (SSSR count). The first-order valence-electron chi connectivity index (χ1n) is 6.36. The topological polar surface area (TPSA) is 56.1 Å². The Morgan fingerprint density at radius 1 is 1.58 bits per heavy atom. The van der Waals surface area contributed by atoms with E-state index in [9.17, 15) is 9.18 Å². The van der Waals surface area contributed by atoms with E-state index >= 15 is 0 Å². The zero-order valence-electron chi connectivity index (χ0n) is 10.8. The van der Waals surface area contributed by atoms with Crippen LogP contribution in [-0.4, -0.2) is 29.9 Å². The molecule has 19 heavy (non-hydrogen) atoms. The second-order valence-corrected chi connectivity index (χ2v) is 4.61. The van der Waals surface area contributed by atoms with Crippen molar-refractivity contribution in [3.63, 3.8) is 0 Å². The zero-order chi connectivity index (χ0) is 13.8. The number of benzene rings is 1. The lowest BCUT2D eigenvalue weighted by Gasteiger charge is -2.34. The SMILES string of the molecule is CCC1C(=O)NCCN1Cc1ccc(F)c(C#N)c1. The van der Waals surface area contributed by atoms with E-state index in [-0.39, 0.29) is 17.5 Å². The first-order valence-corrected chi connectivity index (χ1v) is 6.36. The molecule has 1 aliphatic rings. The molecule has 1 heterocycles. The summed E-state index contributed by atoms with van der Waals surface area (Å²) < 4.78 is 13.3. The highest BCUT2D eigenvalue weighted by molar-refractivity contribution is 5.82. The van der Waals surface area contributed by atoms with Gasteiger partial charge in [0.25, 0.3) is 0 Å². The molecule has 4 nitrogen and oxygen atoms in total. The van der Waals surface area contributed by atoms with Crippen molar-refractivity contribution >= 4 is 5.91 Å². The lowest BCUT2D eigenvalue weighted by Crippen LogP contribution is -2.54. The highest BCUT2D eigenvalue weighted by Gasteiger charge is 2.27. The van der Waals surface area contributed by atoms with Crippen molar-refractivity contribution in [3.8, 4) is 6.07 Å². The minimum Gasteiger partial charge on any atom is -0.353 e. The van der Waals surface area contributed by atoms with Crippen LogP contribution in [0, 0.1) is 17.1 Å². The number of piperazine rings is 1. The molecule has 0 aromatic heterocycles. The van der Waals surface area contributed by atoms with Crippen LogP contribution in [0.25, 0.3) is 0 Å². The summed E-state index contributed by atoms with van der Waals surface area (Å²) in [6.07, 6.45) is 0.734. The maximum Gasteiger partial charge on any atom is 0.237 e. The number of nitrogens with one attached hydrogen (secondary N) is 1. The van der Waals surface area contributed by atoms with Crippen LogP contribution in [0.15, 0.2) is 18.2 Å². The van der Waals surface area contributed by atoms with Gasteiger partial charge in [0.15, 0.2) is 0 Å². The Bertz CT molecular complexity index is 524. The van der Waals surface area contributed by atoms with Crippen LogP contribution in [0.4, 0.5) is 4.39 Å². The number of rotatable bonds is 3. The van der Waals surface area contributed by atoms with E-state index < -0.39 is 5.82 Å². The van der Waals surface area contributed by atoms with Crippen molar-refractivity contribution < 1.29 is 9.18 Å². The summed E-state index contributed by atoms with van der Waals surface area (Å²) in [7, 11) is 0. The van der Waals surface area contributed by atoms with Gasteiger partial charge in [0.2, 0.25) is 5.91 Å². The van der Waals surface area contributed by atoms with Gasteiger partial charge < -0.3 is 5.32 Å². The van der Waals surface area contributed by atoms with Gasteiger partial charge in [-0.25, -0.2) is 4.39 Å². The minimum absolute atomic E-state index is 0.0383. The predicted octanol–water partition coefficient (Wildman–Crippen LogP) is 1.41. The van der Waals surface area contributed by atoms with Gasteiger partial charge in [0.1, 0.15) is 11.9 Å². The van der Waals surface area contributed by atoms with Crippen molar-refractivity contribution in [3.05, 3.63) is 35.1 Å². The van der Waals surface area contributed by atoms with Crippen LogP contribution >= 0.6 is 0 Å². The minimum atomic E-state index is -0.505. The van der Waals surface area contributed by atoms with E-state index in [0.717, 1.165) is 18.5 Å². The van der Waals surface area contributed by atoms with Crippen molar-refractivity contribution in [2.75, 3.05) is 13.1 Å². The van der Waals surface area contributed by atoms with E-state index in [2.05, 4.69) is 10.2 Å². The second-order valence-electron chi connectivity index (χ2n) is 4.61. The zero-order valence-corrected chi connectivity index (χ0v) is 10.8. The molecule has 1 N–H and O–H groups in total. The number of nitriles is 1. The van der Waals surface area contributed by atoms with Gasteiger partial charge in [0.05, 0.1) is 11.6 Å².